The largest absolute Gasteiger partial charge is 0.573 e. The van der Waals surface area contributed by atoms with E-state index in [1.807, 2.05) is 0 Å². The number of anilines is 1. The fourth-order valence-electron chi connectivity index (χ4n) is 3.17. The number of alkyl halides is 6. The maximum absolute atomic E-state index is 13.1. The molecule has 0 aliphatic rings. The van der Waals surface area contributed by atoms with Crippen LogP contribution in [0.3, 0.4) is 0 Å². The summed E-state index contributed by atoms with van der Waals surface area (Å²) in [5, 5.41) is 2.45. The van der Waals surface area contributed by atoms with E-state index in [1.165, 1.54) is 25.3 Å². The summed E-state index contributed by atoms with van der Waals surface area (Å²) in [6.07, 6.45) is -8.89. The van der Waals surface area contributed by atoms with Gasteiger partial charge in [0.05, 0.1) is 12.7 Å². The normalized spacial score (nSPS) is 11.5. The van der Waals surface area contributed by atoms with Crippen molar-refractivity contribution in [2.75, 3.05) is 12.4 Å². The molecule has 0 saturated heterocycles. The number of hydrogen-bond acceptors (Lipinski definition) is 7. The van der Waals surface area contributed by atoms with Crippen LogP contribution < -0.4 is 30.0 Å². The lowest BCUT2D eigenvalue weighted by atomic mass is 10.1. The van der Waals surface area contributed by atoms with Crippen molar-refractivity contribution in [3.05, 3.63) is 65.5 Å². The molecule has 0 radical (unpaired) electrons. The minimum Gasteiger partial charge on any atom is -0.493 e. The molecule has 0 saturated carbocycles. The van der Waals surface area contributed by atoms with E-state index in [9.17, 15) is 35.9 Å². The van der Waals surface area contributed by atoms with Crippen molar-refractivity contribution in [1.29, 1.82) is 0 Å². The Morgan fingerprint density at radius 1 is 0.868 bits per heavy atom. The highest BCUT2D eigenvalue weighted by Gasteiger charge is 2.33. The predicted octanol–water partition coefficient (Wildman–Crippen LogP) is 5.34. The van der Waals surface area contributed by atoms with Gasteiger partial charge in [0, 0.05) is 24.0 Å². The van der Waals surface area contributed by atoms with Crippen LogP contribution in [0.1, 0.15) is 26.4 Å². The molecule has 15 heteroatoms. The van der Waals surface area contributed by atoms with Crippen LogP contribution in [-0.2, 0) is 0 Å². The standard InChI is InChI=1S/C23H17F6N3O6/c1-11-7-14(38-23(27,28)29)10-18(19(11)21(34)32-12-5-6-31-15(8-12)20(30)33)36-16-4-3-13(9-17(16)35-2)37-22(24,25)26/h3-10H,1-2H3,(H2,30,33)(H,31,32,34). The minimum absolute atomic E-state index is 0.0283. The third-order valence-corrected chi connectivity index (χ3v) is 4.59. The molecule has 2 amide bonds. The number of aromatic nitrogens is 1. The van der Waals surface area contributed by atoms with E-state index in [4.69, 9.17) is 15.2 Å². The van der Waals surface area contributed by atoms with E-state index >= 15 is 0 Å². The minimum atomic E-state index is -5.08. The molecule has 202 valence electrons. The van der Waals surface area contributed by atoms with E-state index in [2.05, 4.69) is 19.8 Å². The van der Waals surface area contributed by atoms with Gasteiger partial charge in [-0.05, 0) is 42.8 Å². The summed E-state index contributed by atoms with van der Waals surface area (Å²) in [6.45, 7) is 1.30. The molecule has 9 nitrogen and oxygen atoms in total. The number of nitrogens with zero attached hydrogens (tertiary/aromatic N) is 1. The number of carbonyl (C=O) groups is 2. The highest BCUT2D eigenvalue weighted by atomic mass is 19.4. The molecule has 0 unspecified atom stereocenters. The summed E-state index contributed by atoms with van der Waals surface area (Å²) in [5.74, 6) is -4.18. The molecule has 3 aromatic rings. The quantitative estimate of drug-likeness (QED) is 0.367. The van der Waals surface area contributed by atoms with Gasteiger partial charge in [-0.15, -0.1) is 26.3 Å². The van der Waals surface area contributed by atoms with Gasteiger partial charge in [-0.3, -0.25) is 14.6 Å². The van der Waals surface area contributed by atoms with Crippen LogP contribution in [-0.4, -0.2) is 36.6 Å². The Hall–Kier alpha value is -4.69. The van der Waals surface area contributed by atoms with Crippen LogP contribution in [0.4, 0.5) is 32.0 Å². The zero-order chi connectivity index (χ0) is 28.3. The SMILES string of the molecule is COc1cc(OC(F)(F)F)ccc1Oc1cc(OC(F)(F)F)cc(C)c1C(=O)Nc1ccnc(C(N)=O)c1. The van der Waals surface area contributed by atoms with Crippen molar-refractivity contribution >= 4 is 17.5 Å². The number of primary amides is 1. The van der Waals surface area contributed by atoms with Gasteiger partial charge >= 0.3 is 12.7 Å². The molecule has 0 fully saturated rings. The number of rotatable bonds is 8. The Morgan fingerprint density at radius 3 is 2.11 bits per heavy atom. The second-order valence-electron chi connectivity index (χ2n) is 7.37. The molecule has 0 bridgehead atoms. The zero-order valence-corrected chi connectivity index (χ0v) is 19.4. The number of halogens is 6. The van der Waals surface area contributed by atoms with Crippen molar-refractivity contribution in [3.63, 3.8) is 0 Å². The molecule has 1 heterocycles. The Labute approximate surface area is 210 Å². The van der Waals surface area contributed by atoms with Crippen molar-refractivity contribution in [2.45, 2.75) is 19.6 Å². The molecule has 0 aliphatic carbocycles. The average Bonchev–Trinajstić information content (AvgIpc) is 2.77. The summed E-state index contributed by atoms with van der Waals surface area (Å²) in [5.41, 5.74) is 4.78. The topological polar surface area (TPSA) is 122 Å². The lowest BCUT2D eigenvalue weighted by molar-refractivity contribution is -0.275. The van der Waals surface area contributed by atoms with Crippen LogP contribution in [0.2, 0.25) is 0 Å². The first-order valence-electron chi connectivity index (χ1n) is 10.2. The second kappa shape index (κ2) is 10.7. The van der Waals surface area contributed by atoms with E-state index in [0.29, 0.717) is 0 Å². The van der Waals surface area contributed by atoms with E-state index in [0.717, 1.165) is 37.4 Å². The lowest BCUT2D eigenvalue weighted by Gasteiger charge is -2.18. The number of benzene rings is 2. The molecule has 0 aliphatic heterocycles. The summed E-state index contributed by atoms with van der Waals surface area (Å²) in [7, 11) is 1.10. The highest BCUT2D eigenvalue weighted by Crippen LogP contribution is 2.40. The predicted molar refractivity (Wildman–Crippen MR) is 118 cm³/mol. The summed E-state index contributed by atoms with van der Waals surface area (Å²) in [4.78, 5) is 28.2. The fraction of sp³-hybridized carbons (Fsp3) is 0.174. The Balaban J connectivity index is 2.04. The summed E-state index contributed by atoms with van der Waals surface area (Å²) >= 11 is 0. The van der Waals surface area contributed by atoms with E-state index in [-0.39, 0.29) is 34.0 Å². The first-order chi connectivity index (χ1) is 17.6. The van der Waals surface area contributed by atoms with Crippen LogP contribution >= 0.6 is 0 Å². The molecule has 0 atom stereocenters. The highest BCUT2D eigenvalue weighted by molar-refractivity contribution is 6.08. The summed E-state index contributed by atoms with van der Waals surface area (Å²) in [6, 6.07) is 6.87. The van der Waals surface area contributed by atoms with Crippen molar-refractivity contribution in [3.8, 4) is 28.7 Å². The van der Waals surface area contributed by atoms with Gasteiger partial charge in [-0.2, -0.15) is 0 Å². The molecular weight excluding hydrogens is 528 g/mol. The number of ether oxygens (including phenoxy) is 4. The van der Waals surface area contributed by atoms with E-state index in [1.54, 1.807) is 0 Å². The molecule has 3 N–H and O–H groups in total. The number of hydrogen-bond donors (Lipinski definition) is 2. The van der Waals surface area contributed by atoms with Crippen molar-refractivity contribution in [2.24, 2.45) is 5.73 Å². The number of aryl methyl sites for hydroxylation is 1. The third-order valence-electron chi connectivity index (χ3n) is 4.59. The van der Waals surface area contributed by atoms with Crippen LogP contribution in [0.15, 0.2) is 48.7 Å². The zero-order valence-electron chi connectivity index (χ0n) is 19.4. The second-order valence-corrected chi connectivity index (χ2v) is 7.37. The maximum atomic E-state index is 13.1. The molecule has 38 heavy (non-hydrogen) atoms. The fourth-order valence-corrected chi connectivity index (χ4v) is 3.17. The van der Waals surface area contributed by atoms with Crippen LogP contribution in [0.5, 0.6) is 28.7 Å². The van der Waals surface area contributed by atoms with Crippen molar-refractivity contribution in [1.82, 2.24) is 4.98 Å². The molecule has 1 aromatic heterocycles. The van der Waals surface area contributed by atoms with Gasteiger partial charge in [0.2, 0.25) is 0 Å². The van der Waals surface area contributed by atoms with E-state index < -0.39 is 41.8 Å². The van der Waals surface area contributed by atoms with Gasteiger partial charge in [0.25, 0.3) is 11.8 Å². The average molecular weight is 545 g/mol. The van der Waals surface area contributed by atoms with Crippen LogP contribution in [0, 0.1) is 6.92 Å². The first kappa shape index (κ1) is 27.9. The lowest BCUT2D eigenvalue weighted by Crippen LogP contribution is -2.19. The van der Waals surface area contributed by atoms with Crippen LogP contribution in [0.25, 0.3) is 0 Å². The molecule has 0 spiro atoms. The number of pyridine rings is 1. The number of methoxy groups -OCH3 is 1. The van der Waals surface area contributed by atoms with Gasteiger partial charge in [-0.25, -0.2) is 0 Å². The molecule has 2 aromatic carbocycles. The number of amides is 2. The number of carbonyl (C=O) groups excluding carboxylic acids is 2. The van der Waals surface area contributed by atoms with Gasteiger partial charge in [-0.1, -0.05) is 0 Å². The Kier molecular flexibility index (Phi) is 7.88. The smallest absolute Gasteiger partial charge is 0.493 e. The monoisotopic (exact) mass is 545 g/mol. The molecule has 3 rings (SSSR count). The number of nitrogens with two attached hydrogens (primary N) is 1. The van der Waals surface area contributed by atoms with Gasteiger partial charge < -0.3 is 30.0 Å². The van der Waals surface area contributed by atoms with Gasteiger partial charge in [0.15, 0.2) is 11.5 Å². The molecular formula is C23H17F6N3O6. The Bertz CT molecular complexity index is 1360. The summed E-state index contributed by atoms with van der Waals surface area (Å²) < 4.78 is 94.7. The third kappa shape index (κ3) is 7.41. The van der Waals surface area contributed by atoms with Crippen molar-refractivity contribution < 1.29 is 54.9 Å². The maximum Gasteiger partial charge on any atom is 0.573 e. The number of nitrogens with one attached hydrogen (secondary N) is 1. The van der Waals surface area contributed by atoms with Gasteiger partial charge in [0.1, 0.15) is 22.9 Å². The first-order valence-corrected chi connectivity index (χ1v) is 10.2. The Morgan fingerprint density at radius 2 is 1.50 bits per heavy atom.